The zero-order chi connectivity index (χ0) is 16.3. The Kier molecular flexibility index (Phi) is 4.98. The number of nitrogens with zero attached hydrogens (tertiary/aromatic N) is 2. The molecule has 1 unspecified atom stereocenters. The molecule has 0 saturated heterocycles. The van der Waals surface area contributed by atoms with Gasteiger partial charge in [0, 0.05) is 30.9 Å². The van der Waals surface area contributed by atoms with Crippen LogP contribution in [0.1, 0.15) is 29.4 Å². The topological polar surface area (TPSA) is 72.9 Å². The van der Waals surface area contributed by atoms with Gasteiger partial charge >= 0.3 is 0 Å². The number of carbonyl (C=O) groups is 1. The van der Waals surface area contributed by atoms with Crippen LogP contribution in [0.3, 0.4) is 0 Å². The average Bonchev–Trinajstić information content (AvgIpc) is 2.74. The molecule has 0 aliphatic carbocycles. The summed E-state index contributed by atoms with van der Waals surface area (Å²) >= 11 is 0. The largest absolute Gasteiger partial charge is 0.326 e. The molecule has 0 bridgehead atoms. The Balaban J connectivity index is 2.02. The Morgan fingerprint density at radius 2 is 1.95 bits per heavy atom. The number of benzene rings is 1. The zero-order valence-electron chi connectivity index (χ0n) is 13.7. The van der Waals surface area contributed by atoms with E-state index in [9.17, 15) is 4.79 Å². The van der Waals surface area contributed by atoms with Crippen molar-refractivity contribution >= 4 is 11.6 Å². The van der Waals surface area contributed by atoms with E-state index in [2.05, 4.69) is 10.4 Å². The Bertz CT molecular complexity index is 658. The molecule has 0 radical (unpaired) electrons. The number of nitrogens with two attached hydrogens (primary N) is 1. The first kappa shape index (κ1) is 16.2. The van der Waals surface area contributed by atoms with Crippen LogP contribution in [0.25, 0.3) is 0 Å². The molecule has 22 heavy (non-hydrogen) atoms. The molecule has 0 saturated carbocycles. The summed E-state index contributed by atoms with van der Waals surface area (Å²) in [5.41, 5.74) is 10.7. The Hall–Kier alpha value is -2.14. The summed E-state index contributed by atoms with van der Waals surface area (Å²) in [6, 6.07) is 7.62. The molecule has 1 atom stereocenters. The molecule has 0 aliphatic heterocycles. The van der Waals surface area contributed by atoms with E-state index in [0.717, 1.165) is 28.2 Å². The summed E-state index contributed by atoms with van der Waals surface area (Å²) in [4.78, 5) is 12.3. The van der Waals surface area contributed by atoms with Crippen molar-refractivity contribution in [2.45, 2.75) is 33.7 Å². The number of anilines is 1. The molecule has 118 valence electrons. The molecule has 2 rings (SSSR count). The Morgan fingerprint density at radius 3 is 2.45 bits per heavy atom. The maximum atomic E-state index is 12.3. The van der Waals surface area contributed by atoms with Gasteiger partial charge in [-0.15, -0.1) is 0 Å². The monoisotopic (exact) mass is 300 g/mol. The van der Waals surface area contributed by atoms with Crippen LogP contribution < -0.4 is 11.1 Å². The molecule has 1 heterocycles. The average molecular weight is 300 g/mol. The van der Waals surface area contributed by atoms with E-state index in [1.807, 2.05) is 56.8 Å². The number of aromatic nitrogens is 2. The van der Waals surface area contributed by atoms with Gasteiger partial charge in [-0.25, -0.2) is 0 Å². The van der Waals surface area contributed by atoms with E-state index in [1.165, 1.54) is 0 Å². The predicted octanol–water partition coefficient (Wildman–Crippen LogP) is 2.31. The van der Waals surface area contributed by atoms with Gasteiger partial charge in [-0.05, 0) is 43.5 Å². The van der Waals surface area contributed by atoms with Gasteiger partial charge in [0.25, 0.3) is 0 Å². The van der Waals surface area contributed by atoms with Crippen LogP contribution in [0, 0.1) is 19.8 Å². The van der Waals surface area contributed by atoms with E-state index in [4.69, 9.17) is 5.73 Å². The van der Waals surface area contributed by atoms with E-state index in [-0.39, 0.29) is 11.8 Å². The van der Waals surface area contributed by atoms with E-state index in [0.29, 0.717) is 13.0 Å². The molecular weight excluding hydrogens is 276 g/mol. The van der Waals surface area contributed by atoms with Gasteiger partial charge in [-0.2, -0.15) is 5.10 Å². The molecule has 5 nitrogen and oxygen atoms in total. The van der Waals surface area contributed by atoms with Gasteiger partial charge < -0.3 is 11.1 Å². The Morgan fingerprint density at radius 1 is 1.32 bits per heavy atom. The number of aryl methyl sites for hydroxylation is 2. The molecule has 0 fully saturated rings. The third-order valence-corrected chi connectivity index (χ3v) is 4.07. The second-order valence-electron chi connectivity index (χ2n) is 5.77. The summed E-state index contributed by atoms with van der Waals surface area (Å²) in [5, 5.41) is 7.35. The van der Waals surface area contributed by atoms with Gasteiger partial charge in [0.15, 0.2) is 0 Å². The highest BCUT2D eigenvalue weighted by atomic mass is 16.1. The molecule has 1 aromatic carbocycles. The molecule has 2 aromatic rings. The van der Waals surface area contributed by atoms with E-state index >= 15 is 0 Å². The first-order valence-corrected chi connectivity index (χ1v) is 7.51. The highest BCUT2D eigenvalue weighted by Crippen LogP contribution is 2.18. The van der Waals surface area contributed by atoms with Crippen molar-refractivity contribution in [3.05, 3.63) is 46.8 Å². The van der Waals surface area contributed by atoms with Gasteiger partial charge in [0.05, 0.1) is 5.69 Å². The fourth-order valence-electron chi connectivity index (χ4n) is 2.50. The smallest absolute Gasteiger partial charge is 0.227 e. The molecular formula is C17H24N4O. The number of amides is 1. The second kappa shape index (κ2) is 6.75. The fourth-order valence-corrected chi connectivity index (χ4v) is 2.50. The second-order valence-corrected chi connectivity index (χ2v) is 5.77. The SMILES string of the molecule is Cc1nn(C)c(C)c1CC(C)C(=O)Nc1ccc(CN)cc1. The van der Waals surface area contributed by atoms with Crippen LogP contribution in [0.15, 0.2) is 24.3 Å². The summed E-state index contributed by atoms with van der Waals surface area (Å²) in [6.45, 7) is 6.46. The van der Waals surface area contributed by atoms with Gasteiger partial charge in [0.1, 0.15) is 0 Å². The quantitative estimate of drug-likeness (QED) is 0.890. The zero-order valence-corrected chi connectivity index (χ0v) is 13.7. The first-order valence-electron chi connectivity index (χ1n) is 7.51. The van der Waals surface area contributed by atoms with Crippen LogP contribution >= 0.6 is 0 Å². The highest BCUT2D eigenvalue weighted by molar-refractivity contribution is 5.92. The summed E-state index contributed by atoms with van der Waals surface area (Å²) in [5.74, 6) is -0.0982. The van der Waals surface area contributed by atoms with Crippen LogP contribution in [0.5, 0.6) is 0 Å². The Labute approximate surface area is 131 Å². The highest BCUT2D eigenvalue weighted by Gasteiger charge is 2.18. The first-order chi connectivity index (χ1) is 10.4. The van der Waals surface area contributed by atoms with Crippen molar-refractivity contribution in [2.24, 2.45) is 18.7 Å². The fraction of sp³-hybridized carbons (Fsp3) is 0.412. The van der Waals surface area contributed by atoms with Crippen molar-refractivity contribution < 1.29 is 4.79 Å². The lowest BCUT2D eigenvalue weighted by molar-refractivity contribution is -0.119. The summed E-state index contributed by atoms with van der Waals surface area (Å²) < 4.78 is 1.86. The number of nitrogens with one attached hydrogen (secondary N) is 1. The maximum absolute atomic E-state index is 12.3. The number of hydrogen-bond acceptors (Lipinski definition) is 3. The third kappa shape index (κ3) is 3.54. The minimum absolute atomic E-state index is 0.0168. The van der Waals surface area contributed by atoms with Crippen molar-refractivity contribution in [1.29, 1.82) is 0 Å². The molecule has 0 aliphatic rings. The lowest BCUT2D eigenvalue weighted by Gasteiger charge is -2.13. The van der Waals surface area contributed by atoms with Crippen LogP contribution in [-0.4, -0.2) is 15.7 Å². The van der Waals surface area contributed by atoms with Crippen LogP contribution in [-0.2, 0) is 24.8 Å². The van der Waals surface area contributed by atoms with E-state index in [1.54, 1.807) is 0 Å². The van der Waals surface area contributed by atoms with E-state index < -0.39 is 0 Å². The molecule has 5 heteroatoms. The van der Waals surface area contributed by atoms with Crippen molar-refractivity contribution in [3.63, 3.8) is 0 Å². The van der Waals surface area contributed by atoms with Gasteiger partial charge in [-0.3, -0.25) is 9.48 Å². The number of carbonyl (C=O) groups excluding carboxylic acids is 1. The molecule has 0 spiro atoms. The van der Waals surface area contributed by atoms with Crippen molar-refractivity contribution in [1.82, 2.24) is 9.78 Å². The normalized spacial score (nSPS) is 12.2. The lowest BCUT2D eigenvalue weighted by atomic mass is 9.98. The minimum Gasteiger partial charge on any atom is -0.326 e. The number of rotatable bonds is 5. The third-order valence-electron chi connectivity index (χ3n) is 4.07. The van der Waals surface area contributed by atoms with Crippen molar-refractivity contribution in [2.75, 3.05) is 5.32 Å². The van der Waals surface area contributed by atoms with Crippen molar-refractivity contribution in [3.8, 4) is 0 Å². The minimum atomic E-state index is -0.115. The molecule has 1 amide bonds. The molecule has 1 aromatic heterocycles. The molecule has 3 N–H and O–H groups in total. The lowest BCUT2D eigenvalue weighted by Crippen LogP contribution is -2.22. The summed E-state index contributed by atoms with van der Waals surface area (Å²) in [7, 11) is 1.93. The predicted molar refractivity (Wildman–Crippen MR) is 88.5 cm³/mol. The number of hydrogen-bond donors (Lipinski definition) is 2. The van der Waals surface area contributed by atoms with Gasteiger partial charge in [-0.1, -0.05) is 19.1 Å². The standard InChI is InChI=1S/C17H24N4O/c1-11(9-16-12(2)20-21(4)13(16)3)17(22)19-15-7-5-14(10-18)6-8-15/h5-8,11H,9-10,18H2,1-4H3,(H,19,22). The van der Waals surface area contributed by atoms with Crippen LogP contribution in [0.4, 0.5) is 5.69 Å². The van der Waals surface area contributed by atoms with Gasteiger partial charge in [0.2, 0.25) is 5.91 Å². The maximum Gasteiger partial charge on any atom is 0.227 e. The van der Waals surface area contributed by atoms with Crippen LogP contribution in [0.2, 0.25) is 0 Å². The summed E-state index contributed by atoms with van der Waals surface area (Å²) in [6.07, 6.45) is 0.693.